The number of hydrogen-bond acceptors (Lipinski definition) is 3. The molecule has 0 amide bonds. The van der Waals surface area contributed by atoms with Crippen molar-refractivity contribution in [1.82, 2.24) is 0 Å². The van der Waals surface area contributed by atoms with E-state index in [1.165, 1.54) is 405 Å². The van der Waals surface area contributed by atoms with Gasteiger partial charge < -0.3 is 15.0 Å². The summed E-state index contributed by atoms with van der Waals surface area (Å²) in [6, 6.07) is 0. The van der Waals surface area contributed by atoms with Crippen LogP contribution in [0, 0.1) is 29.6 Å². The van der Waals surface area contributed by atoms with E-state index in [-0.39, 0.29) is 0 Å². The van der Waals surface area contributed by atoms with Crippen molar-refractivity contribution in [1.29, 1.82) is 0 Å². The summed E-state index contributed by atoms with van der Waals surface area (Å²) < 4.78 is 0. The lowest BCUT2D eigenvalue weighted by atomic mass is 9.91. The van der Waals surface area contributed by atoms with Crippen LogP contribution in [0.15, 0.2) is 0 Å². The zero-order valence-electron chi connectivity index (χ0n) is 58.8. The maximum Gasteiger partial charge on any atom is 0.0620 e. The fraction of sp³-hybridized carbons (Fsp3) is 0.988. The quantitative estimate of drug-likeness (QED) is 0.0618. The Morgan fingerprint density at radius 1 is 0.259 bits per heavy atom. The molecule has 0 saturated heterocycles. The van der Waals surface area contributed by atoms with Gasteiger partial charge >= 0.3 is 0 Å². The second kappa shape index (κ2) is 64.9. The molecule has 6 atom stereocenters. The summed E-state index contributed by atoms with van der Waals surface area (Å²) in [6.07, 6.45) is 101. The average Bonchev–Trinajstić information content (AvgIpc) is 4.63. The third-order valence-corrected chi connectivity index (χ3v) is 21.7. The molecule has 4 unspecified atom stereocenters. The van der Waals surface area contributed by atoms with Crippen LogP contribution in [0.25, 0.3) is 0 Å². The van der Waals surface area contributed by atoms with Gasteiger partial charge in [0.2, 0.25) is 0 Å². The van der Waals surface area contributed by atoms with Crippen LogP contribution < -0.4 is 5.11 Å². The van der Waals surface area contributed by atoms with Crippen LogP contribution in [0.5, 0.6) is 0 Å². The Labute approximate surface area is 536 Å². The van der Waals surface area contributed by atoms with E-state index in [4.69, 9.17) is 0 Å². The van der Waals surface area contributed by atoms with Crippen LogP contribution in [0.4, 0.5) is 0 Å². The number of unbranched alkanes of at least 4 members (excludes halogenated alkanes) is 61. The van der Waals surface area contributed by atoms with E-state index in [1.54, 1.807) is 25.7 Å². The van der Waals surface area contributed by atoms with E-state index in [9.17, 15) is 15.0 Å². The van der Waals surface area contributed by atoms with Gasteiger partial charge in [0.25, 0.3) is 0 Å². The van der Waals surface area contributed by atoms with Crippen LogP contribution in [0.3, 0.4) is 0 Å². The molecule has 2 aliphatic rings. The molecule has 0 aromatic rings. The molecule has 85 heavy (non-hydrogen) atoms. The van der Waals surface area contributed by atoms with Crippen molar-refractivity contribution in [2.75, 3.05) is 0 Å². The minimum atomic E-state index is -1.05. The third kappa shape index (κ3) is 57.1. The van der Waals surface area contributed by atoms with Gasteiger partial charge in [0.15, 0.2) is 0 Å². The Hall–Kier alpha value is -0.570. The van der Waals surface area contributed by atoms with E-state index in [0.29, 0.717) is 12.8 Å². The number of carbonyl (C=O) groups is 1. The Morgan fingerprint density at radius 2 is 0.412 bits per heavy atom. The smallest absolute Gasteiger partial charge is 0.0620 e. The highest BCUT2D eigenvalue weighted by Crippen LogP contribution is 2.47. The SMILES string of the molecule is CCCCCCCCCCCCCCCCCCCCCCCC[C@@H](C(=O)[O-])[C@H](O)CCCCCCCCCCCCCCCCCCCC1CC1CCCCCCCCCCC1CC1CCCCCCCCCCCCCCCCCCCC. The maximum absolute atomic E-state index is 11.9. The van der Waals surface area contributed by atoms with Crippen molar-refractivity contribution in [3.63, 3.8) is 0 Å². The highest BCUT2D eigenvalue weighted by Gasteiger charge is 2.36. The van der Waals surface area contributed by atoms with Crippen LogP contribution in [0.2, 0.25) is 0 Å². The normalized spacial score (nSPS) is 17.3. The topological polar surface area (TPSA) is 60.4 Å². The van der Waals surface area contributed by atoms with Gasteiger partial charge in [-0.1, -0.05) is 457 Å². The number of hydrogen-bond donors (Lipinski definition) is 1. The first kappa shape index (κ1) is 80.5. The summed E-state index contributed by atoms with van der Waals surface area (Å²) >= 11 is 0. The summed E-state index contributed by atoms with van der Waals surface area (Å²) in [7, 11) is 0. The highest BCUT2D eigenvalue weighted by molar-refractivity contribution is 5.68. The number of rotatable bonds is 75. The lowest BCUT2D eigenvalue weighted by Crippen LogP contribution is -2.38. The average molecular weight is 1190 g/mol. The molecule has 2 aliphatic carbocycles. The van der Waals surface area contributed by atoms with Crippen molar-refractivity contribution in [2.24, 2.45) is 29.6 Å². The van der Waals surface area contributed by atoms with Gasteiger partial charge in [0.05, 0.1) is 6.10 Å². The maximum atomic E-state index is 11.9. The standard InChI is InChI=1S/C82H160O3/c1-3-5-7-9-11-13-15-17-19-21-23-24-25-26-30-34-38-42-46-54-60-66-72-80(82(84)85)81(83)73-67-61-55-47-43-39-35-31-27-29-33-37-41-45-51-57-63-69-77-75-79(77)71-65-59-53-49-48-52-58-64-70-78-74-76(78)68-62-56-50-44-40-36-32-28-22-20-18-16-14-12-10-8-6-4-2/h76-81,83H,3-75H2,1-2H3,(H,84,85)/p-1/t76?,77?,78?,79?,80-,81-/m1/s1. The van der Waals surface area contributed by atoms with E-state index in [0.717, 1.165) is 49.4 Å². The molecule has 0 spiro atoms. The predicted molar refractivity (Wildman–Crippen MR) is 377 cm³/mol. The predicted octanol–water partition coefficient (Wildman–Crippen LogP) is 27.7. The number of carboxylic acid groups (broad SMARTS) is 1. The van der Waals surface area contributed by atoms with Crippen LogP contribution in [0.1, 0.15) is 483 Å². The molecule has 0 aliphatic heterocycles. The molecule has 1 N–H and O–H groups in total. The molecule has 506 valence electrons. The fourth-order valence-electron chi connectivity index (χ4n) is 15.3. The Bertz CT molecular complexity index is 1300. The first-order chi connectivity index (χ1) is 42.1. The fourth-order valence-corrected chi connectivity index (χ4v) is 15.3. The molecule has 0 aromatic carbocycles. The van der Waals surface area contributed by atoms with E-state index in [2.05, 4.69) is 13.8 Å². The third-order valence-electron chi connectivity index (χ3n) is 21.7. The Morgan fingerprint density at radius 3 is 0.588 bits per heavy atom. The minimum absolute atomic E-state index is 0.573. The lowest BCUT2D eigenvalue weighted by Gasteiger charge is -2.24. The van der Waals surface area contributed by atoms with Crippen molar-refractivity contribution >= 4 is 5.97 Å². The van der Waals surface area contributed by atoms with E-state index < -0.39 is 18.0 Å². The molecule has 2 rings (SSSR count). The Kier molecular flexibility index (Phi) is 61.5. The molecule has 0 heterocycles. The second-order valence-corrected chi connectivity index (χ2v) is 30.0. The van der Waals surface area contributed by atoms with E-state index in [1.807, 2.05) is 0 Å². The summed E-state index contributed by atoms with van der Waals surface area (Å²) in [5, 5.41) is 22.6. The molecule has 2 fully saturated rings. The molecular formula is C82H159O3-. The zero-order valence-corrected chi connectivity index (χ0v) is 58.8. The molecule has 0 aromatic heterocycles. The number of aliphatic hydroxyl groups excluding tert-OH is 1. The van der Waals surface area contributed by atoms with Crippen LogP contribution in [-0.4, -0.2) is 17.2 Å². The largest absolute Gasteiger partial charge is 0.550 e. The lowest BCUT2D eigenvalue weighted by molar-refractivity contribution is -0.314. The van der Waals surface area contributed by atoms with Gasteiger partial charge in [-0.2, -0.15) is 0 Å². The molecule has 3 nitrogen and oxygen atoms in total. The second-order valence-electron chi connectivity index (χ2n) is 30.0. The van der Waals surface area contributed by atoms with Gasteiger partial charge in [-0.25, -0.2) is 0 Å². The van der Waals surface area contributed by atoms with Crippen molar-refractivity contribution in [3.8, 4) is 0 Å². The van der Waals surface area contributed by atoms with Crippen LogP contribution >= 0.6 is 0 Å². The monoisotopic (exact) mass is 1190 g/mol. The summed E-state index contributed by atoms with van der Waals surface area (Å²) in [5.74, 6) is 2.69. The van der Waals surface area contributed by atoms with Crippen molar-refractivity contribution in [2.45, 2.75) is 489 Å². The number of carboxylic acids is 1. The summed E-state index contributed by atoms with van der Waals surface area (Å²) in [5.41, 5.74) is 0. The minimum Gasteiger partial charge on any atom is -0.550 e. The van der Waals surface area contributed by atoms with Crippen molar-refractivity contribution in [3.05, 3.63) is 0 Å². The van der Waals surface area contributed by atoms with Gasteiger partial charge in [-0.3, -0.25) is 0 Å². The van der Waals surface area contributed by atoms with Gasteiger partial charge in [0.1, 0.15) is 0 Å². The molecule has 2 saturated carbocycles. The summed E-state index contributed by atoms with van der Waals surface area (Å²) in [6.45, 7) is 4.61. The van der Waals surface area contributed by atoms with Crippen molar-refractivity contribution < 1.29 is 15.0 Å². The highest BCUT2D eigenvalue weighted by atomic mass is 16.4. The summed E-state index contributed by atoms with van der Waals surface area (Å²) in [4.78, 5) is 11.9. The van der Waals surface area contributed by atoms with Gasteiger partial charge in [0, 0.05) is 11.9 Å². The zero-order chi connectivity index (χ0) is 60.7. The van der Waals surface area contributed by atoms with Gasteiger partial charge in [-0.05, 0) is 49.4 Å². The molecule has 0 bridgehead atoms. The Balaban J connectivity index is 1.18. The number of carbonyl (C=O) groups excluding carboxylic acids is 1. The number of aliphatic hydroxyl groups is 1. The molecule has 0 radical (unpaired) electrons. The number of aliphatic carboxylic acids is 1. The van der Waals surface area contributed by atoms with Gasteiger partial charge in [-0.15, -0.1) is 0 Å². The van der Waals surface area contributed by atoms with E-state index >= 15 is 0 Å². The first-order valence-corrected chi connectivity index (χ1v) is 41.0. The molecule has 3 heteroatoms. The first-order valence-electron chi connectivity index (χ1n) is 41.0. The molecular weight excluding hydrogens is 1030 g/mol. The van der Waals surface area contributed by atoms with Crippen LogP contribution in [-0.2, 0) is 4.79 Å².